The summed E-state index contributed by atoms with van der Waals surface area (Å²) in [6.45, 7) is 7.89. The van der Waals surface area contributed by atoms with E-state index >= 15 is 0 Å². The minimum Gasteiger partial charge on any atom is -0.388 e. The summed E-state index contributed by atoms with van der Waals surface area (Å²) in [7, 11) is 1.78. The van der Waals surface area contributed by atoms with E-state index < -0.39 is 0 Å². The zero-order valence-electron chi connectivity index (χ0n) is 8.89. The molecule has 1 N–H and O–H groups in total. The second-order valence-electron chi connectivity index (χ2n) is 3.66. The van der Waals surface area contributed by atoms with Gasteiger partial charge < -0.3 is 5.32 Å². The Labute approximate surface area is 84.6 Å². The Kier molecular flexibility index (Phi) is 3.28. The van der Waals surface area contributed by atoms with Crippen molar-refractivity contribution >= 4 is 5.70 Å². The normalized spacial score (nSPS) is 10.4. The Bertz CT molecular complexity index is 342. The zero-order valence-corrected chi connectivity index (χ0v) is 8.89. The van der Waals surface area contributed by atoms with Crippen LogP contribution in [-0.4, -0.2) is 7.05 Å². The predicted octanol–water partition coefficient (Wildman–Crippen LogP) is 3.14. The summed E-state index contributed by atoms with van der Waals surface area (Å²) in [5, 5.41) is 2.91. The van der Waals surface area contributed by atoms with Crippen molar-refractivity contribution in [2.75, 3.05) is 7.05 Å². The van der Waals surface area contributed by atoms with E-state index in [0.717, 1.165) is 16.8 Å². The van der Waals surface area contributed by atoms with Gasteiger partial charge in [0.25, 0.3) is 0 Å². The second kappa shape index (κ2) is 4.27. The summed E-state index contributed by atoms with van der Waals surface area (Å²) < 4.78 is 13.2. The molecular weight excluding hydrogens is 177 g/mol. The van der Waals surface area contributed by atoms with Gasteiger partial charge in [0.05, 0.1) is 0 Å². The van der Waals surface area contributed by atoms with Crippen LogP contribution < -0.4 is 5.32 Å². The molecule has 0 amide bonds. The second-order valence-corrected chi connectivity index (χ2v) is 3.66. The van der Waals surface area contributed by atoms with Crippen LogP contribution in [0.3, 0.4) is 0 Å². The van der Waals surface area contributed by atoms with Crippen LogP contribution in [0.5, 0.6) is 0 Å². The Hall–Kier alpha value is -1.31. The first-order valence-corrected chi connectivity index (χ1v) is 4.72. The summed E-state index contributed by atoms with van der Waals surface area (Å²) in [5.74, 6) is 0.122. The first-order chi connectivity index (χ1) is 6.54. The largest absolute Gasteiger partial charge is 0.388 e. The molecule has 1 nitrogen and oxygen atoms in total. The Morgan fingerprint density at radius 1 is 1.36 bits per heavy atom. The van der Waals surface area contributed by atoms with E-state index in [9.17, 15) is 4.39 Å². The summed E-state index contributed by atoms with van der Waals surface area (Å²) in [6, 6.07) is 5.02. The lowest BCUT2D eigenvalue weighted by atomic mass is 9.99. The van der Waals surface area contributed by atoms with E-state index in [2.05, 4.69) is 11.9 Å². The molecule has 0 saturated carbocycles. The van der Waals surface area contributed by atoms with Crippen molar-refractivity contribution in [2.45, 2.75) is 19.8 Å². The summed E-state index contributed by atoms with van der Waals surface area (Å²) in [4.78, 5) is 0. The Morgan fingerprint density at radius 3 is 2.50 bits per heavy atom. The van der Waals surface area contributed by atoms with Gasteiger partial charge in [-0.25, -0.2) is 4.39 Å². The van der Waals surface area contributed by atoms with Crippen molar-refractivity contribution in [3.63, 3.8) is 0 Å². The molecular formula is C12H16FN. The molecule has 0 aliphatic heterocycles. The predicted molar refractivity (Wildman–Crippen MR) is 58.6 cm³/mol. The molecule has 0 spiro atoms. The number of rotatable bonds is 3. The van der Waals surface area contributed by atoms with Gasteiger partial charge >= 0.3 is 0 Å². The van der Waals surface area contributed by atoms with Gasteiger partial charge in [-0.2, -0.15) is 0 Å². The fourth-order valence-corrected chi connectivity index (χ4v) is 1.26. The van der Waals surface area contributed by atoms with E-state index in [4.69, 9.17) is 0 Å². The van der Waals surface area contributed by atoms with Crippen molar-refractivity contribution in [2.24, 2.45) is 0 Å². The van der Waals surface area contributed by atoms with E-state index in [1.54, 1.807) is 13.1 Å². The third-order valence-electron chi connectivity index (χ3n) is 2.24. The maximum atomic E-state index is 13.2. The minimum absolute atomic E-state index is 0.206. The van der Waals surface area contributed by atoms with Crippen LogP contribution >= 0.6 is 0 Å². The van der Waals surface area contributed by atoms with Crippen molar-refractivity contribution in [1.29, 1.82) is 0 Å². The summed E-state index contributed by atoms with van der Waals surface area (Å²) in [6.07, 6.45) is 0. The van der Waals surface area contributed by atoms with E-state index in [1.165, 1.54) is 6.07 Å². The van der Waals surface area contributed by atoms with Gasteiger partial charge in [-0.15, -0.1) is 0 Å². The average molecular weight is 193 g/mol. The molecule has 0 atom stereocenters. The lowest BCUT2D eigenvalue weighted by molar-refractivity contribution is 0.622. The molecule has 76 valence electrons. The molecule has 0 aromatic heterocycles. The standard InChI is InChI=1S/C12H16FN/c1-8(2)10-5-11(9(3)14-4)7-12(13)6-10/h5-8,14H,3H2,1-2,4H3. The maximum absolute atomic E-state index is 13.2. The number of hydrogen-bond donors (Lipinski definition) is 1. The van der Waals surface area contributed by atoms with E-state index in [0.29, 0.717) is 5.92 Å². The third-order valence-corrected chi connectivity index (χ3v) is 2.24. The SMILES string of the molecule is C=C(NC)c1cc(F)cc(C(C)C)c1. The molecule has 1 aromatic rings. The van der Waals surface area contributed by atoms with Crippen LogP contribution in [0.25, 0.3) is 5.70 Å². The number of halogens is 1. The topological polar surface area (TPSA) is 12.0 Å². The van der Waals surface area contributed by atoms with Crippen molar-refractivity contribution < 1.29 is 4.39 Å². The first kappa shape index (κ1) is 10.8. The van der Waals surface area contributed by atoms with Crippen molar-refractivity contribution in [3.05, 3.63) is 41.7 Å². The van der Waals surface area contributed by atoms with Gasteiger partial charge in [0, 0.05) is 18.3 Å². The van der Waals surface area contributed by atoms with E-state index in [1.807, 2.05) is 19.9 Å². The van der Waals surface area contributed by atoms with Gasteiger partial charge in [-0.3, -0.25) is 0 Å². The lowest BCUT2D eigenvalue weighted by Gasteiger charge is -2.10. The van der Waals surface area contributed by atoms with Crippen LogP contribution in [-0.2, 0) is 0 Å². The number of nitrogens with one attached hydrogen (secondary N) is 1. The fraction of sp³-hybridized carbons (Fsp3) is 0.333. The van der Waals surface area contributed by atoms with Gasteiger partial charge in [0.1, 0.15) is 5.82 Å². The highest BCUT2D eigenvalue weighted by Crippen LogP contribution is 2.20. The van der Waals surface area contributed by atoms with Gasteiger partial charge in [0.15, 0.2) is 0 Å². The van der Waals surface area contributed by atoms with Gasteiger partial charge in [0.2, 0.25) is 0 Å². The number of benzene rings is 1. The zero-order chi connectivity index (χ0) is 10.7. The van der Waals surface area contributed by atoms with Crippen molar-refractivity contribution in [1.82, 2.24) is 5.32 Å². The highest BCUT2D eigenvalue weighted by molar-refractivity contribution is 5.62. The van der Waals surface area contributed by atoms with Crippen LogP contribution in [0, 0.1) is 5.82 Å². The van der Waals surface area contributed by atoms with E-state index in [-0.39, 0.29) is 5.82 Å². The molecule has 0 unspecified atom stereocenters. The highest BCUT2D eigenvalue weighted by atomic mass is 19.1. The van der Waals surface area contributed by atoms with Crippen LogP contribution in [0.4, 0.5) is 4.39 Å². The molecule has 0 aliphatic rings. The summed E-state index contributed by atoms with van der Waals surface area (Å²) in [5.41, 5.74) is 2.55. The molecule has 14 heavy (non-hydrogen) atoms. The third kappa shape index (κ3) is 2.34. The molecule has 0 heterocycles. The fourth-order valence-electron chi connectivity index (χ4n) is 1.26. The van der Waals surface area contributed by atoms with Crippen LogP contribution in [0.2, 0.25) is 0 Å². The monoisotopic (exact) mass is 193 g/mol. The molecule has 0 aliphatic carbocycles. The molecule has 0 radical (unpaired) electrons. The molecule has 0 saturated heterocycles. The average Bonchev–Trinajstić information content (AvgIpc) is 2.15. The Balaban J connectivity index is 3.13. The molecule has 0 fully saturated rings. The summed E-state index contributed by atoms with van der Waals surface area (Å²) >= 11 is 0. The first-order valence-electron chi connectivity index (χ1n) is 4.72. The smallest absolute Gasteiger partial charge is 0.124 e. The van der Waals surface area contributed by atoms with Crippen LogP contribution in [0.1, 0.15) is 30.9 Å². The Morgan fingerprint density at radius 2 is 2.00 bits per heavy atom. The van der Waals surface area contributed by atoms with Gasteiger partial charge in [-0.1, -0.05) is 20.4 Å². The van der Waals surface area contributed by atoms with Crippen molar-refractivity contribution in [3.8, 4) is 0 Å². The highest BCUT2D eigenvalue weighted by Gasteiger charge is 2.05. The lowest BCUT2D eigenvalue weighted by Crippen LogP contribution is -2.04. The molecule has 2 heteroatoms. The minimum atomic E-state index is -0.206. The molecule has 1 aromatic carbocycles. The van der Waals surface area contributed by atoms with Gasteiger partial charge in [-0.05, 0) is 29.7 Å². The molecule has 1 rings (SSSR count). The number of hydrogen-bond acceptors (Lipinski definition) is 1. The quantitative estimate of drug-likeness (QED) is 0.777. The maximum Gasteiger partial charge on any atom is 0.124 e. The molecule has 0 bridgehead atoms. The van der Waals surface area contributed by atoms with Crippen LogP contribution in [0.15, 0.2) is 24.8 Å².